The highest BCUT2D eigenvalue weighted by Gasteiger charge is 2.30. The van der Waals surface area contributed by atoms with Crippen LogP contribution in [-0.2, 0) is 9.30 Å². The number of benzene rings is 2. The number of carbonyl (C=O) groups is 1. The van der Waals surface area contributed by atoms with E-state index in [1.54, 1.807) is 6.92 Å². The van der Waals surface area contributed by atoms with Gasteiger partial charge in [0.1, 0.15) is 7.14 Å². The Kier molecular flexibility index (Phi) is 6.89. The lowest BCUT2D eigenvalue weighted by Gasteiger charge is -2.22. The van der Waals surface area contributed by atoms with Gasteiger partial charge in [-0.25, -0.2) is 4.79 Å². The molecule has 2 aromatic carbocycles. The highest BCUT2D eigenvalue weighted by atomic mass is 35.5. The highest BCUT2D eigenvalue weighted by Crippen LogP contribution is 2.44. The van der Waals surface area contributed by atoms with Gasteiger partial charge in [-0.2, -0.15) is 0 Å². The van der Waals surface area contributed by atoms with E-state index in [0.717, 1.165) is 10.6 Å². The van der Waals surface area contributed by atoms with E-state index in [2.05, 4.69) is 5.32 Å². The van der Waals surface area contributed by atoms with E-state index < -0.39 is 18.6 Å². The SMILES string of the molecule is CCOC(=O)NC[C@H](Cl)CP(=O)(c1ccccc1)c1ccccc1. The minimum atomic E-state index is -2.88. The Morgan fingerprint density at radius 1 is 1.08 bits per heavy atom. The monoisotopic (exact) mass is 365 g/mol. The summed E-state index contributed by atoms with van der Waals surface area (Å²) in [7, 11) is -2.88. The molecule has 128 valence electrons. The number of carbonyl (C=O) groups excluding carboxylic acids is 1. The summed E-state index contributed by atoms with van der Waals surface area (Å²) in [5, 5.41) is 3.65. The van der Waals surface area contributed by atoms with E-state index in [0.29, 0.717) is 6.61 Å². The first-order valence-electron chi connectivity index (χ1n) is 7.81. The molecule has 0 unspecified atom stereocenters. The second kappa shape index (κ2) is 8.91. The van der Waals surface area contributed by atoms with Crippen LogP contribution in [-0.4, -0.2) is 30.8 Å². The quantitative estimate of drug-likeness (QED) is 0.604. The molecule has 0 aliphatic carbocycles. The number of hydrogen-bond acceptors (Lipinski definition) is 3. The lowest BCUT2D eigenvalue weighted by atomic mass is 10.4. The van der Waals surface area contributed by atoms with Crippen LogP contribution in [0.1, 0.15) is 6.92 Å². The van der Waals surface area contributed by atoms with Crippen LogP contribution < -0.4 is 15.9 Å². The molecule has 6 heteroatoms. The maximum absolute atomic E-state index is 13.8. The zero-order valence-corrected chi connectivity index (χ0v) is 15.2. The predicted octanol–water partition coefficient (Wildman–Crippen LogP) is 3.35. The van der Waals surface area contributed by atoms with Gasteiger partial charge >= 0.3 is 6.09 Å². The second-order valence-corrected chi connectivity index (χ2v) is 8.79. The molecule has 4 nitrogen and oxygen atoms in total. The Labute approximate surface area is 147 Å². The third-order valence-corrected chi connectivity index (χ3v) is 7.29. The predicted molar refractivity (Wildman–Crippen MR) is 99.3 cm³/mol. The number of rotatable bonds is 7. The first-order chi connectivity index (χ1) is 11.6. The van der Waals surface area contributed by atoms with Gasteiger partial charge in [0.15, 0.2) is 0 Å². The molecule has 0 saturated heterocycles. The molecular weight excluding hydrogens is 345 g/mol. The standard InChI is InChI=1S/C18H21ClNO3P/c1-2-23-18(21)20-13-15(19)14-24(22,16-9-5-3-6-10-16)17-11-7-4-8-12-17/h3-12,15H,2,13-14H2,1H3,(H,20,21)/t15-/m0/s1. The second-order valence-electron chi connectivity index (χ2n) is 5.29. The lowest BCUT2D eigenvalue weighted by molar-refractivity contribution is 0.152. The molecule has 2 aromatic rings. The minimum absolute atomic E-state index is 0.198. The molecule has 1 atom stereocenters. The Morgan fingerprint density at radius 3 is 2.04 bits per heavy atom. The summed E-state index contributed by atoms with van der Waals surface area (Å²) in [5.41, 5.74) is 0. The van der Waals surface area contributed by atoms with Crippen LogP contribution in [0.3, 0.4) is 0 Å². The Morgan fingerprint density at radius 2 is 1.58 bits per heavy atom. The van der Waals surface area contributed by atoms with Crippen LogP contribution in [0.5, 0.6) is 0 Å². The zero-order chi connectivity index (χ0) is 17.4. The van der Waals surface area contributed by atoms with E-state index in [4.69, 9.17) is 16.3 Å². The highest BCUT2D eigenvalue weighted by molar-refractivity contribution is 7.78. The molecule has 0 spiro atoms. The van der Waals surface area contributed by atoms with Gasteiger partial charge in [-0.05, 0) is 6.92 Å². The van der Waals surface area contributed by atoms with E-state index >= 15 is 0 Å². The molecule has 0 aliphatic heterocycles. The van der Waals surface area contributed by atoms with Crippen molar-refractivity contribution in [3.8, 4) is 0 Å². The number of alkyl carbamates (subject to hydrolysis) is 1. The summed E-state index contributed by atoms with van der Waals surface area (Å²) in [4.78, 5) is 11.4. The van der Waals surface area contributed by atoms with E-state index in [-0.39, 0.29) is 12.7 Å². The molecule has 1 N–H and O–H groups in total. The zero-order valence-electron chi connectivity index (χ0n) is 13.5. The van der Waals surface area contributed by atoms with Crippen LogP contribution >= 0.6 is 18.7 Å². The lowest BCUT2D eigenvalue weighted by Crippen LogP contribution is -2.33. The number of ether oxygens (including phenoxy) is 1. The number of halogens is 1. The fraction of sp³-hybridized carbons (Fsp3) is 0.278. The van der Waals surface area contributed by atoms with Crippen molar-refractivity contribution in [3.05, 3.63) is 60.7 Å². The molecule has 1 amide bonds. The van der Waals surface area contributed by atoms with Gasteiger partial charge in [-0.3, -0.25) is 0 Å². The van der Waals surface area contributed by atoms with Crippen molar-refractivity contribution < 1.29 is 14.1 Å². The van der Waals surface area contributed by atoms with Gasteiger partial charge < -0.3 is 14.6 Å². The van der Waals surface area contributed by atoms with Crippen LogP contribution in [0.2, 0.25) is 0 Å². The molecule has 0 heterocycles. The summed E-state index contributed by atoms with van der Waals surface area (Å²) < 4.78 is 18.6. The molecular formula is C18H21ClNO3P. The van der Waals surface area contributed by atoms with Crippen molar-refractivity contribution in [2.24, 2.45) is 0 Å². The maximum atomic E-state index is 13.8. The fourth-order valence-corrected chi connectivity index (χ4v) is 5.79. The topological polar surface area (TPSA) is 55.4 Å². The van der Waals surface area contributed by atoms with Gasteiger partial charge in [0.25, 0.3) is 0 Å². The Balaban J connectivity index is 2.19. The normalized spacial score (nSPS) is 12.4. The van der Waals surface area contributed by atoms with E-state index in [1.165, 1.54) is 0 Å². The van der Waals surface area contributed by atoms with Crippen molar-refractivity contribution in [3.63, 3.8) is 0 Å². The first-order valence-corrected chi connectivity index (χ1v) is 10.1. The van der Waals surface area contributed by atoms with Gasteiger partial charge in [0, 0.05) is 23.3 Å². The average molecular weight is 366 g/mol. The molecule has 0 bridgehead atoms. The summed E-state index contributed by atoms with van der Waals surface area (Å²) >= 11 is 6.37. The molecule has 2 rings (SSSR count). The molecule has 0 aliphatic rings. The third-order valence-electron chi connectivity index (χ3n) is 3.55. The fourth-order valence-electron chi connectivity index (χ4n) is 2.42. The van der Waals surface area contributed by atoms with Crippen LogP contribution in [0.15, 0.2) is 60.7 Å². The molecule has 24 heavy (non-hydrogen) atoms. The van der Waals surface area contributed by atoms with Gasteiger partial charge in [0.2, 0.25) is 0 Å². The van der Waals surface area contributed by atoms with Crippen molar-refractivity contribution in [2.75, 3.05) is 19.3 Å². The number of alkyl halides is 1. The van der Waals surface area contributed by atoms with Crippen molar-refractivity contribution >= 4 is 35.4 Å². The van der Waals surface area contributed by atoms with E-state index in [9.17, 15) is 9.36 Å². The average Bonchev–Trinajstić information content (AvgIpc) is 2.62. The minimum Gasteiger partial charge on any atom is -0.450 e. The summed E-state index contributed by atoms with van der Waals surface area (Å²) in [6.07, 6.45) is -0.257. The summed E-state index contributed by atoms with van der Waals surface area (Å²) in [5.74, 6) is 0. The molecule has 0 aromatic heterocycles. The number of nitrogens with one attached hydrogen (secondary N) is 1. The van der Waals surface area contributed by atoms with Gasteiger partial charge in [0.05, 0.1) is 12.0 Å². The van der Waals surface area contributed by atoms with Crippen molar-refractivity contribution in [2.45, 2.75) is 12.3 Å². The van der Waals surface area contributed by atoms with Gasteiger partial charge in [-0.1, -0.05) is 60.7 Å². The maximum Gasteiger partial charge on any atom is 0.407 e. The Bertz CT molecular complexity index is 650. The molecule has 0 saturated carbocycles. The Hall–Kier alpha value is -1.77. The molecule has 0 fully saturated rings. The largest absolute Gasteiger partial charge is 0.450 e. The smallest absolute Gasteiger partial charge is 0.407 e. The van der Waals surface area contributed by atoms with Gasteiger partial charge in [-0.15, -0.1) is 11.6 Å². The summed E-state index contributed by atoms with van der Waals surface area (Å²) in [6, 6.07) is 18.7. The number of amides is 1. The number of hydrogen-bond donors (Lipinski definition) is 1. The van der Waals surface area contributed by atoms with Crippen LogP contribution in [0, 0.1) is 0 Å². The van der Waals surface area contributed by atoms with Crippen LogP contribution in [0.4, 0.5) is 4.79 Å². The van der Waals surface area contributed by atoms with E-state index in [1.807, 2.05) is 60.7 Å². The van der Waals surface area contributed by atoms with Crippen molar-refractivity contribution in [1.82, 2.24) is 5.32 Å². The molecule has 0 radical (unpaired) electrons. The van der Waals surface area contributed by atoms with Crippen LogP contribution in [0.25, 0.3) is 0 Å². The third kappa shape index (κ3) is 4.86. The summed E-state index contributed by atoms with van der Waals surface area (Å²) in [6.45, 7) is 2.23. The first kappa shape index (κ1) is 18.6. The van der Waals surface area contributed by atoms with Crippen molar-refractivity contribution in [1.29, 1.82) is 0 Å².